The molecule has 0 radical (unpaired) electrons. The van der Waals surface area contributed by atoms with E-state index in [1.807, 2.05) is 25.8 Å². The molecule has 0 bridgehead atoms. The molecule has 4 heteroatoms. The Kier molecular flexibility index (Phi) is 5.60. The number of nitrogens with two attached hydrogens (primary N) is 1. The Balaban J connectivity index is 2.62. The molecule has 4 nitrogen and oxygen atoms in total. The summed E-state index contributed by atoms with van der Waals surface area (Å²) >= 11 is 0. The van der Waals surface area contributed by atoms with Crippen LogP contribution < -0.4 is 5.73 Å². The van der Waals surface area contributed by atoms with Crippen LogP contribution in [0.3, 0.4) is 0 Å². The Labute approximate surface area is 111 Å². The fourth-order valence-electron chi connectivity index (χ4n) is 2.79. The van der Waals surface area contributed by atoms with Gasteiger partial charge in [0.1, 0.15) is 0 Å². The highest BCUT2D eigenvalue weighted by atomic mass is 16.2. The third kappa shape index (κ3) is 3.45. The van der Waals surface area contributed by atoms with Crippen molar-refractivity contribution in [1.82, 2.24) is 9.80 Å². The van der Waals surface area contributed by atoms with Crippen LogP contribution in [0.1, 0.15) is 34.1 Å². The van der Waals surface area contributed by atoms with Crippen LogP contribution in [0.2, 0.25) is 0 Å². The highest BCUT2D eigenvalue weighted by Gasteiger charge is 2.32. The number of hydrogen-bond acceptors (Lipinski definition) is 3. The van der Waals surface area contributed by atoms with Gasteiger partial charge in [-0.25, -0.2) is 0 Å². The molecule has 106 valence electrons. The molecular formula is C14H29N3O. The van der Waals surface area contributed by atoms with Gasteiger partial charge >= 0.3 is 0 Å². The van der Waals surface area contributed by atoms with E-state index >= 15 is 0 Å². The summed E-state index contributed by atoms with van der Waals surface area (Å²) in [6.07, 6.45) is 1.07. The molecule has 0 aromatic carbocycles. The van der Waals surface area contributed by atoms with Crippen molar-refractivity contribution in [3.63, 3.8) is 0 Å². The van der Waals surface area contributed by atoms with Crippen molar-refractivity contribution in [1.29, 1.82) is 0 Å². The van der Waals surface area contributed by atoms with Crippen LogP contribution in [0.15, 0.2) is 0 Å². The summed E-state index contributed by atoms with van der Waals surface area (Å²) in [5.41, 5.74) is 5.83. The van der Waals surface area contributed by atoms with E-state index in [1.165, 1.54) is 0 Å². The minimum Gasteiger partial charge on any atom is -0.342 e. The normalized spacial score (nSPS) is 28.8. The van der Waals surface area contributed by atoms with E-state index in [4.69, 9.17) is 5.73 Å². The molecule has 1 aliphatic rings. The van der Waals surface area contributed by atoms with Crippen molar-refractivity contribution in [2.24, 2.45) is 17.6 Å². The van der Waals surface area contributed by atoms with E-state index < -0.39 is 0 Å². The number of carbonyl (C=O) groups excluding carboxylic acids is 1. The molecule has 1 rings (SSSR count). The molecule has 1 saturated heterocycles. The van der Waals surface area contributed by atoms with E-state index in [2.05, 4.69) is 18.7 Å². The van der Waals surface area contributed by atoms with E-state index in [0.29, 0.717) is 12.0 Å². The second-order valence-electron chi connectivity index (χ2n) is 5.82. The summed E-state index contributed by atoms with van der Waals surface area (Å²) in [5.74, 6) is 0.631. The molecule has 0 spiro atoms. The predicted molar refractivity (Wildman–Crippen MR) is 75.3 cm³/mol. The Morgan fingerprint density at radius 3 is 2.56 bits per heavy atom. The number of piperidine rings is 1. The fourth-order valence-corrected chi connectivity index (χ4v) is 2.79. The first-order chi connectivity index (χ1) is 8.38. The molecule has 1 amide bonds. The highest BCUT2D eigenvalue weighted by Crippen LogP contribution is 2.22. The van der Waals surface area contributed by atoms with Gasteiger partial charge in [-0.3, -0.25) is 4.79 Å². The first-order valence-corrected chi connectivity index (χ1v) is 7.13. The van der Waals surface area contributed by atoms with Crippen LogP contribution in [0.5, 0.6) is 0 Å². The average Bonchev–Trinajstić information content (AvgIpc) is 2.35. The minimum absolute atomic E-state index is 0.0778. The fraction of sp³-hybridized carbons (Fsp3) is 0.929. The first-order valence-electron chi connectivity index (χ1n) is 7.13. The van der Waals surface area contributed by atoms with E-state index in [0.717, 1.165) is 26.1 Å². The molecule has 1 aliphatic heterocycles. The molecule has 1 heterocycles. The van der Waals surface area contributed by atoms with Gasteiger partial charge in [0.15, 0.2) is 0 Å². The van der Waals surface area contributed by atoms with E-state index in [-0.39, 0.29) is 17.9 Å². The third-order valence-electron chi connectivity index (χ3n) is 4.41. The maximum Gasteiger partial charge on any atom is 0.226 e. The van der Waals surface area contributed by atoms with Crippen LogP contribution in [0.25, 0.3) is 0 Å². The zero-order chi connectivity index (χ0) is 13.9. The maximum absolute atomic E-state index is 12.3. The molecule has 4 atom stereocenters. The average molecular weight is 255 g/mol. The number of nitrogens with zero attached hydrogens (tertiary/aromatic N) is 2. The Hall–Kier alpha value is -0.610. The van der Waals surface area contributed by atoms with Gasteiger partial charge in [-0.15, -0.1) is 0 Å². The molecule has 18 heavy (non-hydrogen) atoms. The standard InChI is InChI=1S/C14H29N3O/c1-6-17-8-7-13(10(2)9-17)16(5)14(18)11(3)12(4)15/h10-13H,6-9,15H2,1-5H3. The van der Waals surface area contributed by atoms with Gasteiger partial charge in [-0.2, -0.15) is 0 Å². The second kappa shape index (κ2) is 6.53. The lowest BCUT2D eigenvalue weighted by Gasteiger charge is -2.42. The zero-order valence-corrected chi connectivity index (χ0v) is 12.5. The monoisotopic (exact) mass is 255 g/mol. The van der Waals surface area contributed by atoms with Gasteiger partial charge in [0, 0.05) is 32.2 Å². The number of likely N-dealkylation sites (tertiary alicyclic amines) is 1. The minimum atomic E-state index is -0.0913. The zero-order valence-electron chi connectivity index (χ0n) is 12.5. The summed E-state index contributed by atoms with van der Waals surface area (Å²) in [7, 11) is 1.93. The van der Waals surface area contributed by atoms with Gasteiger partial charge in [0.25, 0.3) is 0 Å². The Bertz CT molecular complexity index is 280. The molecule has 2 N–H and O–H groups in total. The second-order valence-corrected chi connectivity index (χ2v) is 5.82. The highest BCUT2D eigenvalue weighted by molar-refractivity contribution is 5.79. The molecule has 4 unspecified atom stereocenters. The lowest BCUT2D eigenvalue weighted by Crippen LogP contribution is -2.52. The summed E-state index contributed by atoms with van der Waals surface area (Å²) in [6, 6.07) is 0.285. The summed E-state index contributed by atoms with van der Waals surface area (Å²) in [6.45, 7) is 11.5. The Morgan fingerprint density at radius 2 is 2.11 bits per heavy atom. The van der Waals surface area contributed by atoms with E-state index in [9.17, 15) is 4.79 Å². The largest absolute Gasteiger partial charge is 0.342 e. The lowest BCUT2D eigenvalue weighted by atomic mass is 9.91. The van der Waals surface area contributed by atoms with Crippen molar-refractivity contribution in [3.8, 4) is 0 Å². The van der Waals surface area contributed by atoms with Crippen molar-refractivity contribution in [2.75, 3.05) is 26.7 Å². The molecule has 0 saturated carbocycles. The maximum atomic E-state index is 12.3. The van der Waals surface area contributed by atoms with Gasteiger partial charge in [-0.1, -0.05) is 20.8 Å². The van der Waals surface area contributed by atoms with Gasteiger partial charge in [0.05, 0.1) is 5.92 Å². The van der Waals surface area contributed by atoms with E-state index in [1.54, 1.807) is 0 Å². The summed E-state index contributed by atoms with van der Waals surface area (Å²) in [4.78, 5) is 16.7. The Morgan fingerprint density at radius 1 is 1.50 bits per heavy atom. The SMILES string of the molecule is CCN1CCC(N(C)C(=O)C(C)C(C)N)C(C)C1. The van der Waals surface area contributed by atoms with Crippen LogP contribution in [0.4, 0.5) is 0 Å². The molecule has 0 aliphatic carbocycles. The smallest absolute Gasteiger partial charge is 0.226 e. The van der Waals surface area contributed by atoms with Gasteiger partial charge in [0.2, 0.25) is 5.91 Å². The van der Waals surface area contributed by atoms with Crippen LogP contribution in [-0.4, -0.2) is 54.5 Å². The lowest BCUT2D eigenvalue weighted by molar-refractivity contribution is -0.138. The van der Waals surface area contributed by atoms with Crippen molar-refractivity contribution >= 4 is 5.91 Å². The number of carbonyl (C=O) groups is 1. The van der Waals surface area contributed by atoms with Gasteiger partial charge < -0.3 is 15.5 Å². The number of rotatable bonds is 4. The number of hydrogen-bond donors (Lipinski definition) is 1. The topological polar surface area (TPSA) is 49.6 Å². The summed E-state index contributed by atoms with van der Waals surface area (Å²) in [5, 5.41) is 0. The van der Waals surface area contributed by atoms with Crippen LogP contribution in [-0.2, 0) is 4.79 Å². The number of amides is 1. The molecule has 0 aromatic heterocycles. The predicted octanol–water partition coefficient (Wildman–Crippen LogP) is 1.16. The van der Waals surface area contributed by atoms with Gasteiger partial charge in [-0.05, 0) is 25.8 Å². The third-order valence-corrected chi connectivity index (χ3v) is 4.41. The van der Waals surface area contributed by atoms with Crippen molar-refractivity contribution in [2.45, 2.75) is 46.2 Å². The first kappa shape index (κ1) is 15.4. The van der Waals surface area contributed by atoms with Crippen LogP contribution in [0, 0.1) is 11.8 Å². The molecule has 0 aromatic rings. The quantitative estimate of drug-likeness (QED) is 0.820. The summed E-state index contributed by atoms with van der Waals surface area (Å²) < 4.78 is 0. The molecule has 1 fully saturated rings. The molecular weight excluding hydrogens is 226 g/mol. The van der Waals surface area contributed by atoms with Crippen molar-refractivity contribution in [3.05, 3.63) is 0 Å². The van der Waals surface area contributed by atoms with Crippen molar-refractivity contribution < 1.29 is 4.79 Å². The van der Waals surface area contributed by atoms with Crippen LogP contribution >= 0.6 is 0 Å².